The van der Waals surface area contributed by atoms with E-state index in [1.807, 2.05) is 13.8 Å². The highest BCUT2D eigenvalue weighted by Gasteiger charge is 2.37. The zero-order valence-corrected chi connectivity index (χ0v) is 14.4. The van der Waals surface area contributed by atoms with E-state index in [4.69, 9.17) is 0 Å². The van der Waals surface area contributed by atoms with Crippen LogP contribution in [0.5, 0.6) is 0 Å². The van der Waals surface area contributed by atoms with Gasteiger partial charge in [0.2, 0.25) is 6.41 Å². The highest BCUT2D eigenvalue weighted by molar-refractivity contribution is 5.92. The summed E-state index contributed by atoms with van der Waals surface area (Å²) in [6.07, 6.45) is 1.04. The Morgan fingerprint density at radius 1 is 1.54 bits per heavy atom. The van der Waals surface area contributed by atoms with Gasteiger partial charge in [-0.05, 0) is 43.5 Å². The molecular formula is C18H25FN2O3. The lowest BCUT2D eigenvalue weighted by atomic mass is 9.84. The van der Waals surface area contributed by atoms with Crippen molar-refractivity contribution in [1.82, 2.24) is 5.32 Å². The van der Waals surface area contributed by atoms with E-state index >= 15 is 0 Å². The molecule has 1 aliphatic rings. The number of piperidine rings is 1. The number of rotatable bonds is 6. The van der Waals surface area contributed by atoms with E-state index in [1.54, 1.807) is 19.1 Å². The normalized spacial score (nSPS) is 24.0. The topological polar surface area (TPSA) is 69.6 Å². The smallest absolute Gasteiger partial charge is 0.336 e. The standard InChI is InChI=1S/C18H25FN2O3/c1-12(2)15-5-4-14(8-16(15)17(23)24)21(11-22)10-13-9-20-7-6-18(13,3)19/h4-5,8,11-13,20H,6-7,9-10H2,1-3H3,(H,23,24). The van der Waals surface area contributed by atoms with Gasteiger partial charge in [-0.25, -0.2) is 9.18 Å². The van der Waals surface area contributed by atoms with Crippen molar-refractivity contribution < 1.29 is 19.1 Å². The SMILES string of the molecule is CC(C)c1ccc(N(C=O)CC2CNCCC2(C)F)cc1C(=O)O. The zero-order chi connectivity index (χ0) is 17.9. The molecule has 2 N–H and O–H groups in total. The van der Waals surface area contributed by atoms with Crippen molar-refractivity contribution in [3.63, 3.8) is 0 Å². The molecule has 0 spiro atoms. The molecule has 1 aromatic rings. The fraction of sp³-hybridized carbons (Fsp3) is 0.556. The van der Waals surface area contributed by atoms with E-state index in [0.717, 1.165) is 0 Å². The molecule has 1 fully saturated rings. The molecule has 1 amide bonds. The quantitative estimate of drug-likeness (QED) is 0.784. The number of hydrogen-bond donors (Lipinski definition) is 2. The van der Waals surface area contributed by atoms with Crippen LogP contribution in [0.4, 0.5) is 10.1 Å². The average Bonchev–Trinajstić information content (AvgIpc) is 2.52. The first-order valence-corrected chi connectivity index (χ1v) is 8.25. The summed E-state index contributed by atoms with van der Waals surface area (Å²) in [5, 5.41) is 12.6. The van der Waals surface area contributed by atoms with E-state index in [1.165, 1.54) is 11.0 Å². The number of alkyl halides is 1. The molecule has 1 aliphatic heterocycles. The first kappa shape index (κ1) is 18.4. The minimum atomic E-state index is -1.35. The number of hydrogen-bond acceptors (Lipinski definition) is 3. The predicted octanol–water partition coefficient (Wildman–Crippen LogP) is 2.81. The minimum Gasteiger partial charge on any atom is -0.478 e. The van der Waals surface area contributed by atoms with Gasteiger partial charge in [0, 0.05) is 24.7 Å². The van der Waals surface area contributed by atoms with Gasteiger partial charge in [0.15, 0.2) is 0 Å². The van der Waals surface area contributed by atoms with Crippen molar-refractivity contribution in [2.75, 3.05) is 24.5 Å². The van der Waals surface area contributed by atoms with Crippen molar-refractivity contribution in [2.24, 2.45) is 5.92 Å². The van der Waals surface area contributed by atoms with E-state index in [9.17, 15) is 19.1 Å². The second-order valence-electron chi connectivity index (χ2n) is 6.92. The highest BCUT2D eigenvalue weighted by Crippen LogP contribution is 2.31. The first-order chi connectivity index (χ1) is 11.3. The number of nitrogens with zero attached hydrogens (tertiary/aromatic N) is 1. The second-order valence-corrected chi connectivity index (χ2v) is 6.92. The molecule has 0 bridgehead atoms. The van der Waals surface area contributed by atoms with Crippen molar-refractivity contribution in [1.29, 1.82) is 0 Å². The van der Waals surface area contributed by atoms with Crippen molar-refractivity contribution in [2.45, 2.75) is 38.8 Å². The van der Waals surface area contributed by atoms with E-state index in [0.29, 0.717) is 37.2 Å². The van der Waals surface area contributed by atoms with Crippen LogP contribution < -0.4 is 10.2 Å². The number of benzene rings is 1. The summed E-state index contributed by atoms with van der Waals surface area (Å²) in [7, 11) is 0. The summed E-state index contributed by atoms with van der Waals surface area (Å²) < 4.78 is 14.6. The largest absolute Gasteiger partial charge is 0.478 e. The van der Waals surface area contributed by atoms with Gasteiger partial charge in [-0.3, -0.25) is 4.79 Å². The predicted molar refractivity (Wildman–Crippen MR) is 91.4 cm³/mol. The van der Waals surface area contributed by atoms with Crippen molar-refractivity contribution in [3.8, 4) is 0 Å². The number of aromatic carboxylic acids is 1. The van der Waals surface area contributed by atoms with Gasteiger partial charge in [-0.15, -0.1) is 0 Å². The maximum Gasteiger partial charge on any atom is 0.336 e. The van der Waals surface area contributed by atoms with Gasteiger partial charge < -0.3 is 15.3 Å². The van der Waals surface area contributed by atoms with Gasteiger partial charge in [-0.1, -0.05) is 19.9 Å². The second kappa shape index (κ2) is 7.30. The van der Waals surface area contributed by atoms with Gasteiger partial charge in [-0.2, -0.15) is 0 Å². The Morgan fingerprint density at radius 2 is 2.25 bits per heavy atom. The first-order valence-electron chi connectivity index (χ1n) is 8.25. The molecule has 0 aromatic heterocycles. The molecule has 0 saturated carbocycles. The third-order valence-corrected chi connectivity index (χ3v) is 4.80. The zero-order valence-electron chi connectivity index (χ0n) is 14.4. The number of amides is 1. The van der Waals surface area contributed by atoms with Crippen LogP contribution in [0, 0.1) is 5.92 Å². The Balaban J connectivity index is 2.29. The van der Waals surface area contributed by atoms with Crippen LogP contribution in [-0.4, -0.2) is 42.8 Å². The van der Waals surface area contributed by atoms with E-state index < -0.39 is 11.6 Å². The Bertz CT molecular complexity index is 616. The van der Waals surface area contributed by atoms with Gasteiger partial charge in [0.05, 0.1) is 5.56 Å². The molecule has 24 heavy (non-hydrogen) atoms. The number of halogens is 1. The van der Waals surface area contributed by atoms with Crippen LogP contribution >= 0.6 is 0 Å². The van der Waals surface area contributed by atoms with Crippen LogP contribution in [0.1, 0.15) is 49.0 Å². The Hall–Kier alpha value is -1.95. The molecule has 0 aliphatic carbocycles. The monoisotopic (exact) mass is 336 g/mol. The van der Waals surface area contributed by atoms with Crippen molar-refractivity contribution in [3.05, 3.63) is 29.3 Å². The minimum absolute atomic E-state index is 0.0616. The Morgan fingerprint density at radius 3 is 2.79 bits per heavy atom. The maximum absolute atomic E-state index is 14.6. The summed E-state index contributed by atoms with van der Waals surface area (Å²) in [5.74, 6) is -1.30. The van der Waals surface area contributed by atoms with E-state index in [-0.39, 0.29) is 23.9 Å². The molecule has 2 atom stereocenters. The number of nitrogens with one attached hydrogen (secondary N) is 1. The molecule has 2 rings (SSSR count). The molecular weight excluding hydrogens is 311 g/mol. The third kappa shape index (κ3) is 3.93. The number of anilines is 1. The summed E-state index contributed by atoms with van der Waals surface area (Å²) >= 11 is 0. The van der Waals surface area contributed by atoms with Gasteiger partial charge in [0.1, 0.15) is 5.67 Å². The lowest BCUT2D eigenvalue weighted by Gasteiger charge is -2.37. The van der Waals surface area contributed by atoms with Gasteiger partial charge >= 0.3 is 5.97 Å². The lowest BCUT2D eigenvalue weighted by Crippen LogP contribution is -2.50. The number of carboxylic acids is 1. The van der Waals surface area contributed by atoms with Crippen LogP contribution in [0.3, 0.4) is 0 Å². The van der Waals surface area contributed by atoms with E-state index in [2.05, 4.69) is 5.32 Å². The Kier molecular flexibility index (Phi) is 5.59. The summed E-state index contributed by atoms with van der Waals surface area (Å²) in [5.41, 5.74) is 0.0269. The van der Waals surface area contributed by atoms with Crippen molar-refractivity contribution >= 4 is 18.1 Å². The molecule has 6 heteroatoms. The van der Waals surface area contributed by atoms with Crippen LogP contribution in [-0.2, 0) is 4.79 Å². The molecule has 1 aromatic carbocycles. The number of carboxylic acid groups (broad SMARTS) is 1. The maximum atomic E-state index is 14.6. The molecule has 1 saturated heterocycles. The fourth-order valence-corrected chi connectivity index (χ4v) is 3.14. The van der Waals surface area contributed by atoms with Crippen LogP contribution in [0.2, 0.25) is 0 Å². The third-order valence-electron chi connectivity index (χ3n) is 4.80. The number of carbonyl (C=O) groups excluding carboxylic acids is 1. The molecule has 1 heterocycles. The van der Waals surface area contributed by atoms with Gasteiger partial charge in [0.25, 0.3) is 0 Å². The lowest BCUT2D eigenvalue weighted by molar-refractivity contribution is -0.107. The molecule has 5 nitrogen and oxygen atoms in total. The number of carbonyl (C=O) groups is 2. The summed E-state index contributed by atoms with van der Waals surface area (Å²) in [6.45, 7) is 6.72. The fourth-order valence-electron chi connectivity index (χ4n) is 3.14. The Labute approximate surface area is 141 Å². The average molecular weight is 336 g/mol. The van der Waals surface area contributed by atoms with Crippen LogP contribution in [0.25, 0.3) is 0 Å². The molecule has 2 unspecified atom stereocenters. The summed E-state index contributed by atoms with van der Waals surface area (Å²) in [4.78, 5) is 24.4. The summed E-state index contributed by atoms with van der Waals surface area (Å²) in [6, 6.07) is 4.95. The molecule has 132 valence electrons. The molecule has 0 radical (unpaired) electrons. The van der Waals surface area contributed by atoms with Crippen LogP contribution in [0.15, 0.2) is 18.2 Å². The highest BCUT2D eigenvalue weighted by atomic mass is 19.1.